The minimum atomic E-state index is 0.363. The van der Waals surface area contributed by atoms with E-state index in [-0.39, 0.29) is 0 Å². The molecule has 0 amide bonds. The Bertz CT molecular complexity index is 383. The van der Waals surface area contributed by atoms with Crippen LogP contribution in [0.1, 0.15) is 25.0 Å². The second kappa shape index (κ2) is 3.70. The first-order chi connectivity index (χ1) is 7.76. The summed E-state index contributed by atoms with van der Waals surface area (Å²) in [5, 5.41) is 0. The molecule has 4 nitrogen and oxygen atoms in total. The fourth-order valence-corrected chi connectivity index (χ4v) is 2.60. The highest BCUT2D eigenvalue weighted by atomic mass is 16.5. The number of nitrogens with zero attached hydrogens (tertiary/aromatic N) is 2. The standard InChI is InChI=1S/C12H16N2O2/c1-9-4-11(14-8-13-9)16-7-12-2-3-15-10(5-12)6-12/h4,8,10H,2-3,5-7H2,1H3. The molecule has 16 heavy (non-hydrogen) atoms. The maximum atomic E-state index is 5.76. The van der Waals surface area contributed by atoms with Crippen LogP contribution in [0.2, 0.25) is 0 Å². The Morgan fingerprint density at radius 1 is 1.50 bits per heavy atom. The van der Waals surface area contributed by atoms with Gasteiger partial charge in [-0.15, -0.1) is 0 Å². The van der Waals surface area contributed by atoms with Gasteiger partial charge < -0.3 is 9.47 Å². The first-order valence-electron chi connectivity index (χ1n) is 5.79. The third-order valence-electron chi connectivity index (χ3n) is 3.61. The van der Waals surface area contributed by atoms with Gasteiger partial charge in [-0.3, -0.25) is 0 Å². The zero-order valence-corrected chi connectivity index (χ0v) is 9.48. The van der Waals surface area contributed by atoms with Crippen LogP contribution in [0.25, 0.3) is 0 Å². The number of aromatic nitrogens is 2. The maximum absolute atomic E-state index is 5.76. The van der Waals surface area contributed by atoms with Crippen LogP contribution in [0.15, 0.2) is 12.4 Å². The number of hydrogen-bond acceptors (Lipinski definition) is 4. The van der Waals surface area contributed by atoms with Crippen LogP contribution in [0.5, 0.6) is 5.88 Å². The number of ether oxygens (including phenoxy) is 2. The summed E-state index contributed by atoms with van der Waals surface area (Å²) in [5.74, 6) is 0.691. The van der Waals surface area contributed by atoms with Crippen LogP contribution in [-0.4, -0.2) is 29.3 Å². The molecule has 3 fully saturated rings. The molecule has 4 rings (SSSR count). The lowest BCUT2D eigenvalue weighted by Crippen LogP contribution is -2.51. The van der Waals surface area contributed by atoms with E-state index in [0.29, 0.717) is 17.4 Å². The summed E-state index contributed by atoms with van der Waals surface area (Å²) in [5.41, 5.74) is 1.31. The third-order valence-corrected chi connectivity index (χ3v) is 3.61. The fraction of sp³-hybridized carbons (Fsp3) is 0.667. The lowest BCUT2D eigenvalue weighted by atomic mass is 9.63. The molecule has 0 spiro atoms. The second-order valence-corrected chi connectivity index (χ2v) is 4.94. The Morgan fingerprint density at radius 3 is 3.06 bits per heavy atom. The Balaban J connectivity index is 1.60. The topological polar surface area (TPSA) is 44.2 Å². The van der Waals surface area contributed by atoms with Gasteiger partial charge in [-0.05, 0) is 26.2 Å². The van der Waals surface area contributed by atoms with Gasteiger partial charge in [0.15, 0.2) is 0 Å². The van der Waals surface area contributed by atoms with Gasteiger partial charge in [-0.25, -0.2) is 9.97 Å². The summed E-state index contributed by atoms with van der Waals surface area (Å²) in [7, 11) is 0. The highest BCUT2D eigenvalue weighted by molar-refractivity contribution is 5.12. The van der Waals surface area contributed by atoms with Crippen LogP contribution >= 0.6 is 0 Å². The summed E-state index contributed by atoms with van der Waals surface area (Å²) < 4.78 is 11.3. The summed E-state index contributed by atoms with van der Waals surface area (Å²) in [4.78, 5) is 8.16. The van der Waals surface area contributed by atoms with Crippen molar-refractivity contribution in [1.29, 1.82) is 0 Å². The van der Waals surface area contributed by atoms with Gasteiger partial charge in [0.25, 0.3) is 0 Å². The van der Waals surface area contributed by atoms with Crippen LogP contribution in [-0.2, 0) is 4.74 Å². The zero-order chi connectivity index (χ0) is 11.0. The van der Waals surface area contributed by atoms with Crippen LogP contribution in [0.4, 0.5) is 0 Å². The molecule has 1 aromatic heterocycles. The van der Waals surface area contributed by atoms with E-state index in [1.54, 1.807) is 6.33 Å². The van der Waals surface area contributed by atoms with Crippen molar-refractivity contribution < 1.29 is 9.47 Å². The number of aryl methyl sites for hydroxylation is 1. The quantitative estimate of drug-likeness (QED) is 0.778. The second-order valence-electron chi connectivity index (χ2n) is 4.94. The highest BCUT2D eigenvalue weighted by Gasteiger charge is 2.48. The van der Waals surface area contributed by atoms with Crippen molar-refractivity contribution in [3.05, 3.63) is 18.1 Å². The van der Waals surface area contributed by atoms with E-state index in [2.05, 4.69) is 9.97 Å². The van der Waals surface area contributed by atoms with Crippen molar-refractivity contribution in [3.8, 4) is 5.88 Å². The van der Waals surface area contributed by atoms with Gasteiger partial charge >= 0.3 is 0 Å². The average Bonchev–Trinajstić information content (AvgIpc) is 2.26. The molecule has 0 unspecified atom stereocenters. The summed E-state index contributed by atoms with van der Waals surface area (Å²) in [6.45, 7) is 3.60. The SMILES string of the molecule is Cc1cc(OCC23CCOC(C2)C3)ncn1. The van der Waals surface area contributed by atoms with Crippen LogP contribution in [0.3, 0.4) is 0 Å². The van der Waals surface area contributed by atoms with E-state index in [0.717, 1.165) is 38.2 Å². The smallest absolute Gasteiger partial charge is 0.216 e. The van der Waals surface area contributed by atoms with Gasteiger partial charge in [-0.1, -0.05) is 0 Å². The van der Waals surface area contributed by atoms with Gasteiger partial charge in [0.05, 0.1) is 12.7 Å². The molecule has 0 aromatic carbocycles. The van der Waals surface area contributed by atoms with Crippen molar-refractivity contribution in [3.63, 3.8) is 0 Å². The van der Waals surface area contributed by atoms with Crippen molar-refractivity contribution in [1.82, 2.24) is 9.97 Å². The van der Waals surface area contributed by atoms with Crippen molar-refractivity contribution in [2.45, 2.75) is 32.3 Å². The number of fused-ring (bicyclic) bond motifs is 2. The van der Waals surface area contributed by atoms with Crippen molar-refractivity contribution in [2.24, 2.45) is 5.41 Å². The molecule has 2 aliphatic heterocycles. The van der Waals surface area contributed by atoms with E-state index >= 15 is 0 Å². The van der Waals surface area contributed by atoms with Gasteiger partial charge in [-0.2, -0.15) is 0 Å². The van der Waals surface area contributed by atoms with Crippen LogP contribution < -0.4 is 4.74 Å². The Hall–Kier alpha value is -1.16. The minimum absolute atomic E-state index is 0.363. The minimum Gasteiger partial charge on any atom is -0.477 e. The largest absolute Gasteiger partial charge is 0.477 e. The van der Waals surface area contributed by atoms with E-state index in [1.807, 2.05) is 13.0 Å². The van der Waals surface area contributed by atoms with E-state index in [1.165, 1.54) is 0 Å². The first kappa shape index (κ1) is 10.0. The molecule has 0 radical (unpaired) electrons. The lowest BCUT2D eigenvalue weighted by Gasteiger charge is -2.51. The van der Waals surface area contributed by atoms with E-state index in [9.17, 15) is 0 Å². The molecule has 1 saturated carbocycles. The Labute approximate surface area is 95.0 Å². The molecule has 0 N–H and O–H groups in total. The normalized spacial score (nSPS) is 31.9. The summed E-state index contributed by atoms with van der Waals surface area (Å²) in [6.07, 6.45) is 5.46. The van der Waals surface area contributed by atoms with Crippen molar-refractivity contribution >= 4 is 0 Å². The molecule has 3 aliphatic rings. The molecule has 0 atom stereocenters. The first-order valence-corrected chi connectivity index (χ1v) is 5.79. The Kier molecular flexibility index (Phi) is 2.32. The molecule has 86 valence electrons. The molecule has 2 bridgehead atoms. The Morgan fingerprint density at radius 2 is 2.38 bits per heavy atom. The molecular formula is C12H16N2O2. The predicted molar refractivity (Wildman–Crippen MR) is 58.3 cm³/mol. The van der Waals surface area contributed by atoms with Crippen LogP contribution in [0, 0.1) is 12.3 Å². The average molecular weight is 220 g/mol. The molecule has 2 saturated heterocycles. The molecule has 3 heterocycles. The molecule has 1 aromatic rings. The van der Waals surface area contributed by atoms with Gasteiger partial charge in [0, 0.05) is 23.8 Å². The monoisotopic (exact) mass is 220 g/mol. The lowest BCUT2D eigenvalue weighted by molar-refractivity contribution is -0.160. The van der Waals surface area contributed by atoms with Crippen molar-refractivity contribution in [2.75, 3.05) is 13.2 Å². The fourth-order valence-electron chi connectivity index (χ4n) is 2.60. The van der Waals surface area contributed by atoms with Gasteiger partial charge in [0.2, 0.25) is 5.88 Å². The third kappa shape index (κ3) is 1.78. The number of hydrogen-bond donors (Lipinski definition) is 0. The summed E-state index contributed by atoms with van der Waals surface area (Å²) in [6, 6.07) is 1.88. The molecule has 1 aliphatic carbocycles. The zero-order valence-electron chi connectivity index (χ0n) is 9.48. The van der Waals surface area contributed by atoms with E-state index in [4.69, 9.17) is 9.47 Å². The maximum Gasteiger partial charge on any atom is 0.216 e. The van der Waals surface area contributed by atoms with E-state index < -0.39 is 0 Å². The molecule has 4 heteroatoms. The predicted octanol–water partition coefficient (Wildman–Crippen LogP) is 1.73. The number of rotatable bonds is 3. The highest BCUT2D eigenvalue weighted by Crippen LogP contribution is 2.49. The van der Waals surface area contributed by atoms with Gasteiger partial charge in [0.1, 0.15) is 6.33 Å². The molecular weight excluding hydrogens is 204 g/mol. The summed E-state index contributed by atoms with van der Waals surface area (Å²) >= 11 is 0.